The Kier molecular flexibility index (Phi) is 5.79. The Morgan fingerprint density at radius 3 is 2.15 bits per heavy atom. The first-order valence-electron chi connectivity index (χ1n) is 7.86. The van der Waals surface area contributed by atoms with Crippen molar-refractivity contribution in [3.63, 3.8) is 0 Å². The third-order valence-electron chi connectivity index (χ3n) is 3.62. The highest BCUT2D eigenvalue weighted by atomic mass is 32.2. The molecule has 0 saturated carbocycles. The minimum absolute atomic E-state index is 0.0666. The van der Waals surface area contributed by atoms with Gasteiger partial charge in [0.15, 0.2) is 5.69 Å². The summed E-state index contributed by atoms with van der Waals surface area (Å²) < 4.78 is 31.3. The van der Waals surface area contributed by atoms with Crippen molar-refractivity contribution in [2.24, 2.45) is 0 Å². The topological polar surface area (TPSA) is 109 Å². The molecule has 1 aromatic heterocycles. The molecule has 0 radical (unpaired) electrons. The molecule has 0 aliphatic heterocycles. The summed E-state index contributed by atoms with van der Waals surface area (Å²) in [5.41, 5.74) is 1.95. The minimum Gasteiger partial charge on any atom is -0.476 e. The Morgan fingerprint density at radius 1 is 1.08 bits per heavy atom. The van der Waals surface area contributed by atoms with Crippen molar-refractivity contribution in [2.45, 2.75) is 31.7 Å². The first-order valence-corrected chi connectivity index (χ1v) is 9.30. The first-order chi connectivity index (χ1) is 12.1. The molecule has 26 heavy (non-hydrogen) atoms. The van der Waals surface area contributed by atoms with Crippen LogP contribution in [-0.4, -0.2) is 33.8 Å². The van der Waals surface area contributed by atoms with Crippen molar-refractivity contribution in [2.75, 3.05) is 0 Å². The number of para-hydroxylation sites is 1. The van der Waals surface area contributed by atoms with Crippen molar-refractivity contribution in [3.05, 3.63) is 59.8 Å². The molecular formula is C18H20N2O5S. The third-order valence-corrected chi connectivity index (χ3v) is 4.49. The van der Waals surface area contributed by atoms with Crippen LogP contribution < -0.4 is 0 Å². The van der Waals surface area contributed by atoms with E-state index in [4.69, 9.17) is 9.66 Å². The highest BCUT2D eigenvalue weighted by molar-refractivity contribution is 7.85. The molecule has 0 saturated heterocycles. The van der Waals surface area contributed by atoms with Gasteiger partial charge in [-0.05, 0) is 39.0 Å². The molecule has 138 valence electrons. The molecule has 8 heteroatoms. The largest absolute Gasteiger partial charge is 0.476 e. The number of rotatable bonds is 3. The number of carboxylic acids is 1. The second-order valence-electron chi connectivity index (χ2n) is 6.00. The van der Waals surface area contributed by atoms with Gasteiger partial charge in [-0.25, -0.2) is 4.79 Å². The van der Waals surface area contributed by atoms with Crippen LogP contribution in [0.3, 0.4) is 0 Å². The summed E-state index contributed by atoms with van der Waals surface area (Å²) in [4.78, 5) is 10.9. The zero-order valence-electron chi connectivity index (χ0n) is 14.6. The SMILES string of the molecule is CC(C)n1nc(C(=O)O)c2ccccc21.Cc1ccc(S(=O)(=O)O)cc1. The van der Waals surface area contributed by atoms with Crippen molar-refractivity contribution in [1.82, 2.24) is 9.78 Å². The number of carbonyl (C=O) groups is 1. The van der Waals surface area contributed by atoms with E-state index in [1.54, 1.807) is 22.9 Å². The molecule has 1 heterocycles. The maximum absolute atomic E-state index is 11.0. The molecule has 0 unspecified atom stereocenters. The number of hydrogen-bond acceptors (Lipinski definition) is 4. The van der Waals surface area contributed by atoms with E-state index in [-0.39, 0.29) is 16.6 Å². The van der Waals surface area contributed by atoms with Gasteiger partial charge in [0.05, 0.1) is 10.4 Å². The zero-order valence-corrected chi connectivity index (χ0v) is 15.4. The van der Waals surface area contributed by atoms with Crippen LogP contribution in [0.5, 0.6) is 0 Å². The molecule has 3 aromatic rings. The average Bonchev–Trinajstić information content (AvgIpc) is 2.95. The van der Waals surface area contributed by atoms with Crippen LogP contribution in [0.25, 0.3) is 10.9 Å². The number of aromatic carboxylic acids is 1. The normalized spacial score (nSPS) is 11.3. The monoisotopic (exact) mass is 376 g/mol. The van der Waals surface area contributed by atoms with Crippen LogP contribution in [0.15, 0.2) is 53.4 Å². The maximum atomic E-state index is 11.0. The van der Waals surface area contributed by atoms with Crippen molar-refractivity contribution in [1.29, 1.82) is 0 Å². The maximum Gasteiger partial charge on any atom is 0.357 e. The van der Waals surface area contributed by atoms with E-state index in [1.165, 1.54) is 12.1 Å². The van der Waals surface area contributed by atoms with Crippen LogP contribution >= 0.6 is 0 Å². The van der Waals surface area contributed by atoms with E-state index in [0.29, 0.717) is 5.39 Å². The molecule has 0 amide bonds. The lowest BCUT2D eigenvalue weighted by Crippen LogP contribution is -2.05. The van der Waals surface area contributed by atoms with Crippen molar-refractivity contribution >= 4 is 27.0 Å². The summed E-state index contributed by atoms with van der Waals surface area (Å²) in [6.07, 6.45) is 0. The lowest BCUT2D eigenvalue weighted by atomic mass is 10.2. The fourth-order valence-corrected chi connectivity index (χ4v) is 2.83. The number of aryl methyl sites for hydroxylation is 1. The zero-order chi connectivity index (χ0) is 19.5. The second-order valence-corrected chi connectivity index (χ2v) is 7.42. The molecule has 0 aliphatic carbocycles. The van der Waals surface area contributed by atoms with Gasteiger partial charge in [0.1, 0.15) is 0 Å². The Labute approximate surface area is 151 Å². The van der Waals surface area contributed by atoms with Gasteiger partial charge in [-0.3, -0.25) is 9.23 Å². The summed E-state index contributed by atoms with van der Waals surface area (Å²) in [5.74, 6) is -0.981. The molecule has 0 spiro atoms. The fraction of sp³-hybridized carbons (Fsp3) is 0.222. The standard InChI is InChI=1S/C11H12N2O2.C7H8O3S/c1-7(2)13-9-6-4-3-5-8(9)10(12-13)11(14)15;1-6-2-4-7(5-3-6)11(8,9)10/h3-7H,1-2H3,(H,14,15);2-5H,1H3,(H,8,9,10). The van der Waals surface area contributed by atoms with Crippen LogP contribution in [0.2, 0.25) is 0 Å². The molecular weight excluding hydrogens is 356 g/mol. The van der Waals surface area contributed by atoms with Gasteiger partial charge < -0.3 is 5.11 Å². The molecule has 2 N–H and O–H groups in total. The molecule has 0 bridgehead atoms. The highest BCUT2D eigenvalue weighted by Crippen LogP contribution is 2.21. The number of nitrogens with zero attached hydrogens (tertiary/aromatic N) is 2. The summed E-state index contributed by atoms with van der Waals surface area (Å²) >= 11 is 0. The molecule has 2 aromatic carbocycles. The predicted molar refractivity (Wildman–Crippen MR) is 98.1 cm³/mol. The lowest BCUT2D eigenvalue weighted by molar-refractivity contribution is 0.0691. The molecule has 0 fully saturated rings. The van der Waals surface area contributed by atoms with E-state index in [0.717, 1.165) is 11.1 Å². The summed E-state index contributed by atoms with van der Waals surface area (Å²) in [7, 11) is -4.02. The lowest BCUT2D eigenvalue weighted by Gasteiger charge is -2.05. The number of fused-ring (bicyclic) bond motifs is 1. The predicted octanol–water partition coefficient (Wildman–Crippen LogP) is 3.56. The molecule has 0 aliphatic rings. The number of carboxylic acid groups (broad SMARTS) is 1. The first kappa shape index (κ1) is 19.6. The Morgan fingerprint density at radius 2 is 1.65 bits per heavy atom. The van der Waals surface area contributed by atoms with Gasteiger partial charge in [0, 0.05) is 11.4 Å². The van der Waals surface area contributed by atoms with Gasteiger partial charge in [-0.1, -0.05) is 35.9 Å². The molecule has 0 atom stereocenters. The Bertz CT molecular complexity index is 1020. The summed E-state index contributed by atoms with van der Waals surface area (Å²) in [6.45, 7) is 5.80. The smallest absolute Gasteiger partial charge is 0.357 e. The van der Waals surface area contributed by atoms with Crippen molar-refractivity contribution < 1.29 is 22.9 Å². The Hall–Kier alpha value is -2.71. The van der Waals surface area contributed by atoms with Gasteiger partial charge in [0.25, 0.3) is 10.1 Å². The summed E-state index contributed by atoms with van der Waals surface area (Å²) in [6, 6.07) is 13.5. The van der Waals surface area contributed by atoms with E-state index < -0.39 is 16.1 Å². The van der Waals surface area contributed by atoms with Crippen LogP contribution in [0.1, 0.15) is 35.9 Å². The van der Waals surface area contributed by atoms with E-state index >= 15 is 0 Å². The van der Waals surface area contributed by atoms with E-state index in [9.17, 15) is 13.2 Å². The highest BCUT2D eigenvalue weighted by Gasteiger charge is 2.16. The third kappa shape index (κ3) is 4.47. The summed E-state index contributed by atoms with van der Waals surface area (Å²) in [5, 5.41) is 13.8. The molecule has 3 rings (SSSR count). The number of benzene rings is 2. The number of aromatic nitrogens is 2. The second kappa shape index (κ2) is 7.67. The van der Waals surface area contributed by atoms with Crippen molar-refractivity contribution in [3.8, 4) is 0 Å². The minimum atomic E-state index is -4.02. The van der Waals surface area contributed by atoms with Gasteiger partial charge >= 0.3 is 5.97 Å². The number of hydrogen-bond donors (Lipinski definition) is 2. The van der Waals surface area contributed by atoms with E-state index in [1.807, 2.05) is 39.0 Å². The van der Waals surface area contributed by atoms with Crippen LogP contribution in [-0.2, 0) is 10.1 Å². The Balaban J connectivity index is 0.000000197. The fourth-order valence-electron chi connectivity index (χ4n) is 2.35. The van der Waals surface area contributed by atoms with Gasteiger partial charge in [0.2, 0.25) is 0 Å². The van der Waals surface area contributed by atoms with Gasteiger partial charge in [-0.15, -0.1) is 0 Å². The average molecular weight is 376 g/mol. The van der Waals surface area contributed by atoms with E-state index in [2.05, 4.69) is 5.10 Å². The van der Waals surface area contributed by atoms with Gasteiger partial charge in [-0.2, -0.15) is 13.5 Å². The van der Waals surface area contributed by atoms with Crippen LogP contribution in [0, 0.1) is 6.92 Å². The van der Waals surface area contributed by atoms with Crippen LogP contribution in [0.4, 0.5) is 0 Å². The quantitative estimate of drug-likeness (QED) is 0.677. The molecule has 7 nitrogen and oxygen atoms in total.